The van der Waals surface area contributed by atoms with Crippen LogP contribution in [0.2, 0.25) is 5.02 Å². The third kappa shape index (κ3) is 4.52. The summed E-state index contributed by atoms with van der Waals surface area (Å²) in [6.07, 6.45) is -4.55. The summed E-state index contributed by atoms with van der Waals surface area (Å²) in [5, 5.41) is 5.39. The summed E-state index contributed by atoms with van der Waals surface area (Å²) < 4.78 is 44.5. The smallest absolute Gasteiger partial charge is 0.418 e. The molecular weight excluding hydrogens is 361 g/mol. The minimum Gasteiger partial charge on any atom is -0.495 e. The Hall–Kier alpha value is -1.99. The number of nitrogens with one attached hydrogen (secondary N) is 2. The molecule has 0 saturated carbocycles. The van der Waals surface area contributed by atoms with Crippen molar-refractivity contribution in [1.82, 2.24) is 0 Å². The fourth-order valence-corrected chi connectivity index (χ4v) is 2.45. The second kappa shape index (κ2) is 7.27. The molecule has 0 radical (unpaired) electrons. The zero-order valence-electron chi connectivity index (χ0n) is 12.8. The molecule has 0 fully saturated rings. The van der Waals surface area contributed by atoms with Gasteiger partial charge in [-0.1, -0.05) is 17.7 Å². The molecule has 3 nitrogen and oxygen atoms in total. The molecule has 0 atom stereocenters. The average molecular weight is 375 g/mol. The minimum atomic E-state index is -4.55. The maximum atomic E-state index is 13.1. The lowest BCUT2D eigenvalue weighted by molar-refractivity contribution is -0.136. The summed E-state index contributed by atoms with van der Waals surface area (Å²) in [5.41, 5.74) is 0.424. The molecule has 0 heterocycles. The van der Waals surface area contributed by atoms with Gasteiger partial charge in [0.25, 0.3) is 0 Å². The summed E-state index contributed by atoms with van der Waals surface area (Å²) in [5.74, 6) is 0.525. The number of thiocarbonyl (C=S) groups is 1. The first-order chi connectivity index (χ1) is 11.2. The lowest BCUT2D eigenvalue weighted by Gasteiger charge is -2.17. The van der Waals surface area contributed by atoms with E-state index < -0.39 is 11.7 Å². The first kappa shape index (κ1) is 18.4. The Labute approximate surface area is 147 Å². The number of anilines is 2. The number of alkyl halides is 3. The van der Waals surface area contributed by atoms with Crippen LogP contribution in [0.5, 0.6) is 5.75 Å². The Balaban J connectivity index is 2.24. The molecule has 0 aliphatic carbocycles. The van der Waals surface area contributed by atoms with Gasteiger partial charge in [-0.25, -0.2) is 0 Å². The first-order valence-corrected chi connectivity index (χ1v) is 7.58. The van der Waals surface area contributed by atoms with Crippen LogP contribution in [0.15, 0.2) is 36.4 Å². The topological polar surface area (TPSA) is 33.3 Å². The Morgan fingerprint density at radius 2 is 1.75 bits per heavy atom. The monoisotopic (exact) mass is 374 g/mol. The van der Waals surface area contributed by atoms with Crippen molar-refractivity contribution in [3.05, 3.63) is 52.5 Å². The Bertz CT molecular complexity index is 765. The maximum Gasteiger partial charge on any atom is 0.418 e. The summed E-state index contributed by atoms with van der Waals surface area (Å²) >= 11 is 10.8. The van der Waals surface area contributed by atoms with Gasteiger partial charge < -0.3 is 15.4 Å². The Morgan fingerprint density at radius 1 is 1.08 bits per heavy atom. The molecule has 0 unspecified atom stereocenters. The quantitative estimate of drug-likeness (QED) is 0.696. The van der Waals surface area contributed by atoms with Crippen molar-refractivity contribution in [1.29, 1.82) is 0 Å². The highest BCUT2D eigenvalue weighted by Crippen LogP contribution is 2.36. The molecule has 128 valence electrons. The number of benzene rings is 2. The number of hydrogen-bond acceptors (Lipinski definition) is 2. The van der Waals surface area contributed by atoms with Gasteiger partial charge in [-0.15, -0.1) is 0 Å². The van der Waals surface area contributed by atoms with E-state index in [-0.39, 0.29) is 15.8 Å². The standard InChI is InChI=1S/C16H14ClF3N2OS/c1-9-3-6-14(23-2)13(7-9)22-15(24)21-12-5-4-10(17)8-11(12)16(18,19)20/h3-8H,1-2H3,(H2,21,22,24). The van der Waals surface area contributed by atoms with Gasteiger partial charge in [0, 0.05) is 5.02 Å². The third-order valence-electron chi connectivity index (χ3n) is 3.14. The number of halogens is 4. The molecule has 2 rings (SSSR count). The highest BCUT2D eigenvalue weighted by molar-refractivity contribution is 7.80. The fraction of sp³-hybridized carbons (Fsp3) is 0.188. The second-order valence-electron chi connectivity index (χ2n) is 4.97. The average Bonchev–Trinajstić information content (AvgIpc) is 2.48. The zero-order valence-corrected chi connectivity index (χ0v) is 14.4. The number of ether oxygens (including phenoxy) is 1. The molecule has 2 N–H and O–H groups in total. The normalized spacial score (nSPS) is 11.1. The van der Waals surface area contributed by atoms with Gasteiger partial charge in [0.1, 0.15) is 5.75 Å². The minimum absolute atomic E-state index is 0.00622. The Morgan fingerprint density at radius 3 is 2.38 bits per heavy atom. The van der Waals surface area contributed by atoms with E-state index in [1.807, 2.05) is 13.0 Å². The highest BCUT2D eigenvalue weighted by Gasteiger charge is 2.34. The van der Waals surface area contributed by atoms with Crippen LogP contribution in [0.25, 0.3) is 0 Å². The van der Waals surface area contributed by atoms with Crippen molar-refractivity contribution in [3.8, 4) is 5.75 Å². The van der Waals surface area contributed by atoms with Gasteiger partial charge in [-0.05, 0) is 55.0 Å². The van der Waals surface area contributed by atoms with Crippen LogP contribution in [0.4, 0.5) is 24.5 Å². The number of methoxy groups -OCH3 is 1. The van der Waals surface area contributed by atoms with E-state index in [4.69, 9.17) is 28.6 Å². The third-order valence-corrected chi connectivity index (χ3v) is 3.58. The van der Waals surface area contributed by atoms with Crippen LogP contribution in [0, 0.1) is 6.92 Å². The van der Waals surface area contributed by atoms with Crippen LogP contribution in [-0.4, -0.2) is 12.2 Å². The first-order valence-electron chi connectivity index (χ1n) is 6.80. The van der Waals surface area contributed by atoms with E-state index in [2.05, 4.69) is 10.6 Å². The molecule has 24 heavy (non-hydrogen) atoms. The van der Waals surface area contributed by atoms with Crippen LogP contribution >= 0.6 is 23.8 Å². The van der Waals surface area contributed by atoms with Gasteiger partial charge in [-0.2, -0.15) is 13.2 Å². The van der Waals surface area contributed by atoms with Crippen molar-refractivity contribution in [3.63, 3.8) is 0 Å². The predicted octanol–water partition coefficient (Wildman–Crippen LogP) is 5.48. The molecule has 0 spiro atoms. The second-order valence-corrected chi connectivity index (χ2v) is 5.82. The van der Waals surface area contributed by atoms with E-state index >= 15 is 0 Å². The summed E-state index contributed by atoms with van der Waals surface area (Å²) in [4.78, 5) is 0. The van der Waals surface area contributed by atoms with Gasteiger partial charge in [0.2, 0.25) is 0 Å². The van der Waals surface area contributed by atoms with Gasteiger partial charge >= 0.3 is 6.18 Å². The van der Waals surface area contributed by atoms with Gasteiger partial charge in [0.05, 0.1) is 24.0 Å². The fourth-order valence-electron chi connectivity index (χ4n) is 2.06. The van der Waals surface area contributed by atoms with Gasteiger partial charge in [0.15, 0.2) is 5.11 Å². The van der Waals surface area contributed by atoms with Crippen LogP contribution in [-0.2, 0) is 6.18 Å². The highest BCUT2D eigenvalue weighted by atomic mass is 35.5. The summed E-state index contributed by atoms with van der Waals surface area (Å²) in [7, 11) is 1.49. The largest absolute Gasteiger partial charge is 0.495 e. The van der Waals surface area contributed by atoms with Crippen molar-refractivity contribution in [2.75, 3.05) is 17.7 Å². The molecule has 0 aliphatic rings. The molecule has 0 saturated heterocycles. The lowest BCUT2D eigenvalue weighted by atomic mass is 10.1. The summed E-state index contributed by atoms with van der Waals surface area (Å²) in [6.45, 7) is 1.88. The van der Waals surface area contributed by atoms with E-state index in [9.17, 15) is 13.2 Å². The van der Waals surface area contributed by atoms with E-state index in [0.717, 1.165) is 11.6 Å². The van der Waals surface area contributed by atoms with Crippen LogP contribution in [0.3, 0.4) is 0 Å². The molecule has 2 aromatic carbocycles. The van der Waals surface area contributed by atoms with E-state index in [0.29, 0.717) is 11.4 Å². The molecule has 0 aliphatic heterocycles. The number of hydrogen-bond donors (Lipinski definition) is 2. The molecule has 2 aromatic rings. The lowest BCUT2D eigenvalue weighted by Crippen LogP contribution is -2.22. The predicted molar refractivity (Wildman–Crippen MR) is 94.0 cm³/mol. The molecular formula is C16H14ClF3N2OS. The SMILES string of the molecule is COc1ccc(C)cc1NC(=S)Nc1ccc(Cl)cc1C(F)(F)F. The van der Waals surface area contributed by atoms with Crippen molar-refractivity contribution in [2.24, 2.45) is 0 Å². The van der Waals surface area contributed by atoms with Crippen LogP contribution < -0.4 is 15.4 Å². The maximum absolute atomic E-state index is 13.1. The van der Waals surface area contributed by atoms with Crippen molar-refractivity contribution >= 4 is 40.3 Å². The zero-order chi connectivity index (χ0) is 17.9. The number of aryl methyl sites for hydroxylation is 1. The van der Waals surface area contributed by atoms with Gasteiger partial charge in [-0.3, -0.25) is 0 Å². The molecule has 0 amide bonds. The number of rotatable bonds is 3. The van der Waals surface area contributed by atoms with E-state index in [1.165, 1.54) is 19.2 Å². The molecule has 0 bridgehead atoms. The summed E-state index contributed by atoms with van der Waals surface area (Å²) in [6, 6.07) is 8.80. The van der Waals surface area contributed by atoms with E-state index in [1.54, 1.807) is 12.1 Å². The van der Waals surface area contributed by atoms with Crippen molar-refractivity contribution < 1.29 is 17.9 Å². The molecule has 8 heteroatoms. The Kier molecular flexibility index (Phi) is 5.56. The van der Waals surface area contributed by atoms with Crippen LogP contribution in [0.1, 0.15) is 11.1 Å². The van der Waals surface area contributed by atoms with Crippen molar-refractivity contribution in [2.45, 2.75) is 13.1 Å². The molecule has 0 aromatic heterocycles.